The van der Waals surface area contributed by atoms with E-state index in [1.54, 1.807) is 32.4 Å². The van der Waals surface area contributed by atoms with Gasteiger partial charge in [-0.2, -0.15) is 5.10 Å². The number of fused-ring (bicyclic) bond motifs is 2. The number of carbonyl (C=O) groups excluding carboxylic acids is 2. The molecule has 6 rings (SSSR count). The Morgan fingerprint density at radius 1 is 0.951 bits per heavy atom. The van der Waals surface area contributed by atoms with Gasteiger partial charge >= 0.3 is 5.97 Å². The maximum Gasteiger partial charge on any atom is 0.338 e. The van der Waals surface area contributed by atoms with Gasteiger partial charge in [-0.3, -0.25) is 4.79 Å². The van der Waals surface area contributed by atoms with E-state index in [0.29, 0.717) is 11.5 Å². The summed E-state index contributed by atoms with van der Waals surface area (Å²) in [6.45, 7) is -0.342. The summed E-state index contributed by atoms with van der Waals surface area (Å²) in [7, 11) is 3.26. The third-order valence-electron chi connectivity index (χ3n) is 7.61. The monoisotopic (exact) mass is 554 g/mol. The van der Waals surface area contributed by atoms with Crippen LogP contribution in [0.5, 0.6) is 23.0 Å². The minimum absolute atomic E-state index is 0.00940. The van der Waals surface area contributed by atoms with Gasteiger partial charge in [-0.25, -0.2) is 9.80 Å². The fourth-order valence-electron chi connectivity index (χ4n) is 5.54. The number of esters is 1. The average Bonchev–Trinajstić information content (AvgIpc) is 3.65. The summed E-state index contributed by atoms with van der Waals surface area (Å²) >= 11 is 0. The second-order valence-electron chi connectivity index (χ2n) is 10.0. The first-order valence-electron chi connectivity index (χ1n) is 13.5. The van der Waals surface area contributed by atoms with Gasteiger partial charge in [0.1, 0.15) is 11.5 Å². The lowest BCUT2D eigenvalue weighted by molar-refractivity contribution is -0.137. The first-order valence-corrected chi connectivity index (χ1v) is 13.5. The highest BCUT2D eigenvalue weighted by atomic mass is 16.7. The SMILES string of the molecule is COc1ccc(C=C2CCCC3C2=NN(C(=O)COC(=O)c2ccc4c(c2)OCO4)C3c2ccc(OC)cc2)cc1. The lowest BCUT2D eigenvalue weighted by atomic mass is 9.77. The summed E-state index contributed by atoms with van der Waals surface area (Å²) in [5.41, 5.74) is 4.24. The summed E-state index contributed by atoms with van der Waals surface area (Å²) in [6.07, 6.45) is 4.84. The maximum absolute atomic E-state index is 13.6. The molecule has 1 amide bonds. The molecule has 3 aromatic carbocycles. The normalized spacial score (nSPS) is 19.9. The Morgan fingerprint density at radius 2 is 1.66 bits per heavy atom. The van der Waals surface area contributed by atoms with Crippen molar-refractivity contribution in [1.29, 1.82) is 0 Å². The first kappa shape index (κ1) is 26.4. The fourth-order valence-corrected chi connectivity index (χ4v) is 5.54. The van der Waals surface area contributed by atoms with Gasteiger partial charge in [-0.1, -0.05) is 24.3 Å². The van der Waals surface area contributed by atoms with Gasteiger partial charge in [0, 0.05) is 5.92 Å². The van der Waals surface area contributed by atoms with Gasteiger partial charge in [0.25, 0.3) is 5.91 Å². The van der Waals surface area contributed by atoms with Gasteiger partial charge in [0.2, 0.25) is 6.79 Å². The molecule has 2 heterocycles. The van der Waals surface area contributed by atoms with Crippen LogP contribution in [-0.2, 0) is 9.53 Å². The van der Waals surface area contributed by atoms with E-state index in [2.05, 4.69) is 6.08 Å². The Labute approximate surface area is 237 Å². The van der Waals surface area contributed by atoms with E-state index in [4.69, 9.17) is 28.8 Å². The van der Waals surface area contributed by atoms with Crippen molar-refractivity contribution in [2.75, 3.05) is 27.6 Å². The Morgan fingerprint density at radius 3 is 2.39 bits per heavy atom. The summed E-state index contributed by atoms with van der Waals surface area (Å²) in [4.78, 5) is 26.4. The molecule has 9 nitrogen and oxygen atoms in total. The number of methoxy groups -OCH3 is 2. The molecule has 2 atom stereocenters. The Kier molecular flexibility index (Phi) is 7.33. The number of hydrogen-bond acceptors (Lipinski definition) is 8. The zero-order valence-corrected chi connectivity index (χ0v) is 22.9. The number of ether oxygens (including phenoxy) is 5. The van der Waals surface area contributed by atoms with Gasteiger partial charge in [0.15, 0.2) is 18.1 Å². The molecule has 3 aliphatic rings. The van der Waals surface area contributed by atoms with Crippen LogP contribution in [0.15, 0.2) is 77.4 Å². The van der Waals surface area contributed by atoms with Crippen LogP contribution in [-0.4, -0.2) is 50.2 Å². The molecular formula is C32H30N2O7. The third kappa shape index (κ3) is 5.35. The van der Waals surface area contributed by atoms with Crippen LogP contribution < -0.4 is 18.9 Å². The van der Waals surface area contributed by atoms with Crippen molar-refractivity contribution in [3.05, 3.63) is 89.0 Å². The number of hydrogen-bond donors (Lipinski definition) is 0. The van der Waals surface area contributed by atoms with Crippen molar-refractivity contribution < 1.29 is 33.3 Å². The van der Waals surface area contributed by atoms with E-state index in [9.17, 15) is 9.59 Å². The number of carbonyl (C=O) groups is 2. The lowest BCUT2D eigenvalue weighted by Crippen LogP contribution is -2.34. The van der Waals surface area contributed by atoms with Crippen LogP contribution in [0, 0.1) is 5.92 Å². The van der Waals surface area contributed by atoms with Gasteiger partial charge in [0.05, 0.1) is 31.5 Å². The van der Waals surface area contributed by atoms with E-state index in [0.717, 1.165) is 53.2 Å². The second-order valence-corrected chi connectivity index (χ2v) is 10.0. The molecule has 0 saturated heterocycles. The second kappa shape index (κ2) is 11.4. The van der Waals surface area contributed by atoms with Crippen LogP contribution in [0.25, 0.3) is 6.08 Å². The third-order valence-corrected chi connectivity index (χ3v) is 7.61. The summed E-state index contributed by atoms with van der Waals surface area (Å²) in [5.74, 6) is 1.54. The zero-order chi connectivity index (χ0) is 28.3. The number of amides is 1. The zero-order valence-electron chi connectivity index (χ0n) is 22.9. The van der Waals surface area contributed by atoms with Crippen molar-refractivity contribution in [3.63, 3.8) is 0 Å². The van der Waals surface area contributed by atoms with E-state index in [1.807, 2.05) is 48.5 Å². The Balaban J connectivity index is 1.26. The quantitative estimate of drug-likeness (QED) is 0.360. The molecule has 0 radical (unpaired) electrons. The minimum atomic E-state index is -0.623. The van der Waals surface area contributed by atoms with E-state index in [1.165, 1.54) is 5.01 Å². The molecule has 1 aliphatic carbocycles. The lowest BCUT2D eigenvalue weighted by Gasteiger charge is -2.29. The molecule has 3 aromatic rings. The predicted octanol–water partition coefficient (Wildman–Crippen LogP) is 5.41. The maximum atomic E-state index is 13.6. The van der Waals surface area contributed by atoms with Crippen molar-refractivity contribution in [2.24, 2.45) is 11.0 Å². The van der Waals surface area contributed by atoms with E-state index < -0.39 is 18.5 Å². The van der Waals surface area contributed by atoms with Gasteiger partial charge in [-0.05, 0) is 84.5 Å². The molecule has 1 saturated carbocycles. The largest absolute Gasteiger partial charge is 0.497 e. The first-order chi connectivity index (χ1) is 20.0. The van der Waals surface area contributed by atoms with Crippen molar-refractivity contribution in [2.45, 2.75) is 25.3 Å². The number of allylic oxidation sites excluding steroid dienone is 1. The van der Waals surface area contributed by atoms with Crippen molar-refractivity contribution in [1.82, 2.24) is 5.01 Å². The van der Waals surface area contributed by atoms with Crippen LogP contribution >= 0.6 is 0 Å². The smallest absolute Gasteiger partial charge is 0.338 e. The molecule has 210 valence electrons. The van der Waals surface area contributed by atoms with Crippen LogP contribution in [0.1, 0.15) is 46.8 Å². The molecule has 0 spiro atoms. The molecule has 0 N–H and O–H groups in total. The van der Waals surface area contributed by atoms with Crippen LogP contribution in [0.4, 0.5) is 0 Å². The molecule has 2 unspecified atom stereocenters. The molecule has 0 aromatic heterocycles. The van der Waals surface area contributed by atoms with Gasteiger partial charge in [-0.15, -0.1) is 0 Å². The fraction of sp³-hybridized carbons (Fsp3) is 0.281. The average molecular weight is 555 g/mol. The highest BCUT2D eigenvalue weighted by Crippen LogP contribution is 2.44. The molecule has 2 aliphatic heterocycles. The summed E-state index contributed by atoms with van der Waals surface area (Å²) < 4.78 is 26.7. The van der Waals surface area contributed by atoms with Gasteiger partial charge < -0.3 is 23.7 Å². The van der Waals surface area contributed by atoms with E-state index >= 15 is 0 Å². The number of hydrazone groups is 1. The number of rotatable bonds is 7. The van der Waals surface area contributed by atoms with Crippen molar-refractivity contribution in [3.8, 4) is 23.0 Å². The molecule has 41 heavy (non-hydrogen) atoms. The Bertz CT molecular complexity index is 1510. The van der Waals surface area contributed by atoms with Crippen LogP contribution in [0.2, 0.25) is 0 Å². The molecule has 0 bridgehead atoms. The standard InChI is InChI=1S/C32H30N2O7/c1-37-24-11-6-20(7-12-24)16-22-4-3-5-26-30(22)33-34(31(26)21-8-13-25(38-2)14-9-21)29(35)18-39-32(36)23-10-15-27-28(17-23)41-19-40-27/h6-17,26,31H,3-5,18-19H2,1-2H3. The minimum Gasteiger partial charge on any atom is -0.497 e. The van der Waals surface area contributed by atoms with Crippen LogP contribution in [0.3, 0.4) is 0 Å². The Hall–Kier alpha value is -4.79. The molecule has 9 heteroatoms. The summed E-state index contributed by atoms with van der Waals surface area (Å²) in [5, 5.41) is 6.36. The number of benzene rings is 3. The number of nitrogens with zero attached hydrogens (tertiary/aromatic N) is 2. The highest BCUT2D eigenvalue weighted by molar-refractivity contribution is 6.08. The van der Waals surface area contributed by atoms with E-state index in [-0.39, 0.29) is 24.3 Å². The summed E-state index contributed by atoms with van der Waals surface area (Å²) in [6, 6.07) is 20.0. The topological polar surface area (TPSA) is 95.9 Å². The molecule has 1 fully saturated rings. The molecular weight excluding hydrogens is 524 g/mol. The predicted molar refractivity (Wildman–Crippen MR) is 151 cm³/mol. The highest BCUT2D eigenvalue weighted by Gasteiger charge is 2.44. The van der Waals surface area contributed by atoms with Crippen molar-refractivity contribution >= 4 is 23.7 Å².